The molecule has 6 heteroatoms. The van der Waals surface area contributed by atoms with Crippen LogP contribution in [0, 0.1) is 19.7 Å². The van der Waals surface area contributed by atoms with Crippen LogP contribution in [-0.2, 0) is 0 Å². The molecule has 24 heavy (non-hydrogen) atoms. The summed E-state index contributed by atoms with van der Waals surface area (Å²) < 4.78 is 13.0. The van der Waals surface area contributed by atoms with Crippen LogP contribution in [0.25, 0.3) is 0 Å². The van der Waals surface area contributed by atoms with Crippen molar-refractivity contribution in [1.82, 2.24) is 9.97 Å². The molecule has 1 heterocycles. The van der Waals surface area contributed by atoms with E-state index in [1.54, 1.807) is 12.1 Å². The number of rotatable bonds is 4. The topological polar surface area (TPSA) is 49.8 Å². The van der Waals surface area contributed by atoms with Gasteiger partial charge in [0.25, 0.3) is 0 Å². The summed E-state index contributed by atoms with van der Waals surface area (Å²) in [5.74, 6) is 0.827. The fraction of sp³-hybridized carbons (Fsp3) is 0.111. The molecule has 0 saturated carbocycles. The molecule has 3 aromatic rings. The minimum absolute atomic E-state index is 0.278. The van der Waals surface area contributed by atoms with Crippen molar-refractivity contribution in [2.24, 2.45) is 0 Å². The van der Waals surface area contributed by atoms with Gasteiger partial charge in [-0.3, -0.25) is 0 Å². The van der Waals surface area contributed by atoms with Crippen molar-refractivity contribution >= 4 is 34.7 Å². The zero-order chi connectivity index (χ0) is 17.1. The van der Waals surface area contributed by atoms with E-state index < -0.39 is 0 Å². The van der Waals surface area contributed by atoms with Crippen molar-refractivity contribution in [2.75, 3.05) is 10.6 Å². The Bertz CT molecular complexity index is 865. The Hall–Kier alpha value is -2.66. The normalized spacial score (nSPS) is 10.5. The lowest BCUT2D eigenvalue weighted by atomic mass is 10.2. The molecule has 0 aliphatic carbocycles. The monoisotopic (exact) mass is 342 g/mol. The zero-order valence-electron chi connectivity index (χ0n) is 13.3. The summed E-state index contributed by atoms with van der Waals surface area (Å²) in [6, 6.07) is 13.5. The summed E-state index contributed by atoms with van der Waals surface area (Å²) in [6.07, 6.45) is 0. The molecule has 1 aromatic heterocycles. The average Bonchev–Trinajstić information content (AvgIpc) is 2.52. The number of halogens is 2. The molecule has 3 rings (SSSR count). The van der Waals surface area contributed by atoms with Crippen LogP contribution >= 0.6 is 11.6 Å². The highest BCUT2D eigenvalue weighted by Crippen LogP contribution is 2.23. The van der Waals surface area contributed by atoms with Gasteiger partial charge < -0.3 is 10.6 Å². The number of nitrogens with zero attached hydrogens (tertiary/aromatic N) is 2. The number of hydrogen-bond donors (Lipinski definition) is 2. The van der Waals surface area contributed by atoms with E-state index in [1.807, 2.05) is 38.1 Å². The molecule has 0 spiro atoms. The van der Waals surface area contributed by atoms with E-state index in [1.165, 1.54) is 12.1 Å². The smallest absolute Gasteiger partial charge is 0.229 e. The van der Waals surface area contributed by atoms with Gasteiger partial charge in [-0.05, 0) is 61.9 Å². The second-order valence-corrected chi connectivity index (χ2v) is 5.87. The Morgan fingerprint density at radius 3 is 2.38 bits per heavy atom. The van der Waals surface area contributed by atoms with E-state index in [9.17, 15) is 4.39 Å². The van der Waals surface area contributed by atoms with Crippen LogP contribution in [0.4, 0.5) is 27.5 Å². The summed E-state index contributed by atoms with van der Waals surface area (Å²) >= 11 is 5.98. The van der Waals surface area contributed by atoms with Gasteiger partial charge in [0.05, 0.1) is 0 Å². The molecule has 122 valence electrons. The van der Waals surface area contributed by atoms with Crippen LogP contribution in [-0.4, -0.2) is 9.97 Å². The summed E-state index contributed by atoms with van der Waals surface area (Å²) in [5.41, 5.74) is 3.45. The number of nitrogens with one attached hydrogen (secondary N) is 2. The molecule has 0 fully saturated rings. The third-order valence-corrected chi connectivity index (χ3v) is 3.64. The van der Waals surface area contributed by atoms with Crippen molar-refractivity contribution < 1.29 is 4.39 Å². The standard InChI is InChI=1S/C18H16ClFN4/c1-11-9-13(19)3-8-16(11)23-18-21-12(2)10-17(24-18)22-15-6-4-14(20)5-7-15/h3-10H,1-2H3,(H2,21,22,23,24). The Morgan fingerprint density at radius 1 is 0.917 bits per heavy atom. The Balaban J connectivity index is 1.84. The van der Waals surface area contributed by atoms with Gasteiger partial charge in [-0.15, -0.1) is 0 Å². The largest absolute Gasteiger partial charge is 0.340 e. The second-order valence-electron chi connectivity index (χ2n) is 5.43. The molecule has 2 N–H and O–H groups in total. The fourth-order valence-corrected chi connectivity index (χ4v) is 2.48. The van der Waals surface area contributed by atoms with Crippen molar-refractivity contribution in [3.63, 3.8) is 0 Å². The molecule has 0 aliphatic rings. The predicted molar refractivity (Wildman–Crippen MR) is 95.9 cm³/mol. The molecular formula is C18H16ClFN4. The zero-order valence-corrected chi connectivity index (χ0v) is 14.0. The molecular weight excluding hydrogens is 327 g/mol. The third kappa shape index (κ3) is 4.00. The second kappa shape index (κ2) is 6.84. The highest BCUT2D eigenvalue weighted by Gasteiger charge is 2.06. The van der Waals surface area contributed by atoms with Crippen molar-refractivity contribution in [1.29, 1.82) is 0 Å². The van der Waals surface area contributed by atoms with E-state index in [4.69, 9.17) is 11.6 Å². The molecule has 0 unspecified atom stereocenters. The van der Waals surface area contributed by atoms with Crippen molar-refractivity contribution in [3.8, 4) is 0 Å². The lowest BCUT2D eigenvalue weighted by molar-refractivity contribution is 0.628. The minimum Gasteiger partial charge on any atom is -0.340 e. The van der Waals surface area contributed by atoms with E-state index in [-0.39, 0.29) is 5.82 Å². The van der Waals surface area contributed by atoms with E-state index >= 15 is 0 Å². The van der Waals surface area contributed by atoms with Crippen LogP contribution < -0.4 is 10.6 Å². The summed E-state index contributed by atoms with van der Waals surface area (Å²) in [7, 11) is 0. The van der Waals surface area contributed by atoms with Crippen LogP contribution in [0.1, 0.15) is 11.3 Å². The maximum atomic E-state index is 13.0. The van der Waals surface area contributed by atoms with Crippen molar-refractivity contribution in [3.05, 3.63) is 70.6 Å². The molecule has 0 saturated heterocycles. The van der Waals surface area contributed by atoms with E-state index in [0.29, 0.717) is 16.8 Å². The quantitative estimate of drug-likeness (QED) is 0.669. The van der Waals surface area contributed by atoms with Crippen LogP contribution in [0.2, 0.25) is 5.02 Å². The lowest BCUT2D eigenvalue weighted by Gasteiger charge is -2.11. The average molecular weight is 343 g/mol. The molecule has 4 nitrogen and oxygen atoms in total. The van der Waals surface area contributed by atoms with E-state index in [0.717, 1.165) is 22.6 Å². The highest BCUT2D eigenvalue weighted by molar-refractivity contribution is 6.30. The first-order valence-corrected chi connectivity index (χ1v) is 7.79. The fourth-order valence-electron chi connectivity index (χ4n) is 2.26. The van der Waals surface area contributed by atoms with Gasteiger partial charge in [0.15, 0.2) is 0 Å². The van der Waals surface area contributed by atoms with Crippen LogP contribution in [0.5, 0.6) is 0 Å². The number of aryl methyl sites for hydroxylation is 2. The molecule has 2 aromatic carbocycles. The van der Waals surface area contributed by atoms with Gasteiger partial charge in [0.1, 0.15) is 11.6 Å². The number of benzene rings is 2. The van der Waals surface area contributed by atoms with Crippen LogP contribution in [0.15, 0.2) is 48.5 Å². The predicted octanol–water partition coefficient (Wildman–Crippen LogP) is 5.37. The van der Waals surface area contributed by atoms with Gasteiger partial charge in [-0.25, -0.2) is 9.37 Å². The first-order valence-electron chi connectivity index (χ1n) is 7.41. The molecule has 0 radical (unpaired) electrons. The van der Waals surface area contributed by atoms with Gasteiger partial charge in [-0.1, -0.05) is 11.6 Å². The summed E-state index contributed by atoms with van der Waals surface area (Å²) in [5, 5.41) is 7.02. The van der Waals surface area contributed by atoms with Gasteiger partial charge in [-0.2, -0.15) is 4.98 Å². The lowest BCUT2D eigenvalue weighted by Crippen LogP contribution is -2.03. The van der Waals surface area contributed by atoms with E-state index in [2.05, 4.69) is 20.6 Å². The van der Waals surface area contributed by atoms with Gasteiger partial charge >= 0.3 is 0 Å². The van der Waals surface area contributed by atoms with Crippen molar-refractivity contribution in [2.45, 2.75) is 13.8 Å². The molecule has 0 aliphatic heterocycles. The summed E-state index contributed by atoms with van der Waals surface area (Å²) in [4.78, 5) is 8.84. The molecule has 0 atom stereocenters. The minimum atomic E-state index is -0.278. The molecule has 0 amide bonds. The van der Waals surface area contributed by atoms with Gasteiger partial charge in [0.2, 0.25) is 5.95 Å². The Labute approximate surface area is 144 Å². The van der Waals surface area contributed by atoms with Gasteiger partial charge in [0, 0.05) is 28.2 Å². The number of hydrogen-bond acceptors (Lipinski definition) is 4. The SMILES string of the molecule is Cc1cc(Nc2ccc(F)cc2)nc(Nc2ccc(Cl)cc2C)n1. The Kier molecular flexibility index (Phi) is 4.62. The highest BCUT2D eigenvalue weighted by atomic mass is 35.5. The molecule has 0 bridgehead atoms. The van der Waals surface area contributed by atoms with Crippen LogP contribution in [0.3, 0.4) is 0 Å². The maximum Gasteiger partial charge on any atom is 0.229 e. The number of anilines is 4. The number of aromatic nitrogens is 2. The summed E-state index contributed by atoms with van der Waals surface area (Å²) in [6.45, 7) is 3.85. The Morgan fingerprint density at radius 2 is 1.67 bits per heavy atom. The first kappa shape index (κ1) is 16.2. The first-order chi connectivity index (χ1) is 11.5. The maximum absolute atomic E-state index is 13.0. The third-order valence-electron chi connectivity index (χ3n) is 3.41.